The number of nitrogens with one attached hydrogen (secondary N) is 1. The molecule has 0 aliphatic rings. The second kappa shape index (κ2) is 6.77. The van der Waals surface area contributed by atoms with Crippen molar-refractivity contribution >= 4 is 40.2 Å². The molecule has 8 heteroatoms. The number of amides is 1. The third kappa shape index (κ3) is 3.42. The molecule has 0 aliphatic carbocycles. The van der Waals surface area contributed by atoms with Crippen LogP contribution in [0.2, 0.25) is 5.02 Å². The standard InChI is InChI=1S/C16H10ClN3O3S/c17-11-4-5-13(14(9-11)20(22)23)15(21)19-12-3-1-2-10(8-12)16-18-6-7-24-16/h1-9H,(H,19,21). The molecule has 0 atom stereocenters. The normalized spacial score (nSPS) is 10.4. The van der Waals surface area contributed by atoms with Crippen molar-refractivity contribution in [2.45, 2.75) is 0 Å². The third-order valence-corrected chi connectivity index (χ3v) is 4.26. The minimum Gasteiger partial charge on any atom is -0.322 e. The molecule has 0 unspecified atom stereocenters. The van der Waals surface area contributed by atoms with E-state index in [0.717, 1.165) is 16.6 Å². The molecule has 0 aliphatic heterocycles. The largest absolute Gasteiger partial charge is 0.322 e. The van der Waals surface area contributed by atoms with E-state index in [1.165, 1.54) is 23.5 Å². The number of hydrogen-bond acceptors (Lipinski definition) is 5. The lowest BCUT2D eigenvalue weighted by molar-refractivity contribution is -0.385. The molecule has 24 heavy (non-hydrogen) atoms. The molecule has 1 heterocycles. The Hall–Kier alpha value is -2.77. The van der Waals surface area contributed by atoms with Crippen molar-refractivity contribution < 1.29 is 9.72 Å². The molecule has 0 saturated heterocycles. The van der Waals surface area contributed by atoms with Gasteiger partial charge in [-0.1, -0.05) is 23.7 Å². The lowest BCUT2D eigenvalue weighted by Gasteiger charge is -2.07. The first-order valence-corrected chi connectivity index (χ1v) is 8.05. The lowest BCUT2D eigenvalue weighted by atomic mass is 10.1. The number of carbonyl (C=O) groups is 1. The summed E-state index contributed by atoms with van der Waals surface area (Å²) >= 11 is 7.24. The van der Waals surface area contributed by atoms with E-state index in [4.69, 9.17) is 11.6 Å². The smallest absolute Gasteiger partial charge is 0.283 e. The first kappa shape index (κ1) is 16.1. The number of benzene rings is 2. The van der Waals surface area contributed by atoms with E-state index in [-0.39, 0.29) is 16.3 Å². The molecule has 0 radical (unpaired) electrons. The summed E-state index contributed by atoms with van der Waals surface area (Å²) in [5.41, 5.74) is 0.991. The minimum absolute atomic E-state index is 0.0518. The number of thiazole rings is 1. The van der Waals surface area contributed by atoms with Gasteiger partial charge in [0.05, 0.1) is 4.92 Å². The molecule has 120 valence electrons. The number of anilines is 1. The molecule has 3 rings (SSSR count). The van der Waals surface area contributed by atoms with Crippen LogP contribution in [0.15, 0.2) is 54.0 Å². The van der Waals surface area contributed by atoms with Crippen molar-refractivity contribution in [2.24, 2.45) is 0 Å². The number of rotatable bonds is 4. The van der Waals surface area contributed by atoms with Gasteiger partial charge in [0.2, 0.25) is 0 Å². The fraction of sp³-hybridized carbons (Fsp3) is 0. The summed E-state index contributed by atoms with van der Waals surface area (Å²) in [6, 6.07) is 11.1. The van der Waals surface area contributed by atoms with E-state index >= 15 is 0 Å². The van der Waals surface area contributed by atoms with Crippen molar-refractivity contribution in [1.29, 1.82) is 0 Å². The van der Waals surface area contributed by atoms with Crippen molar-refractivity contribution in [1.82, 2.24) is 4.98 Å². The van der Waals surface area contributed by atoms with Gasteiger partial charge in [-0.05, 0) is 24.3 Å². The molecule has 1 N–H and O–H groups in total. The number of carbonyl (C=O) groups excluding carboxylic acids is 1. The first-order valence-electron chi connectivity index (χ1n) is 6.80. The van der Waals surface area contributed by atoms with Gasteiger partial charge < -0.3 is 5.32 Å². The summed E-state index contributed by atoms with van der Waals surface area (Å²) in [6.07, 6.45) is 1.70. The number of aromatic nitrogens is 1. The number of nitrogens with zero attached hydrogens (tertiary/aromatic N) is 2. The summed E-state index contributed by atoms with van der Waals surface area (Å²) in [4.78, 5) is 27.1. The Balaban J connectivity index is 1.88. The minimum atomic E-state index is -0.632. The maximum atomic E-state index is 12.4. The maximum absolute atomic E-state index is 12.4. The zero-order valence-electron chi connectivity index (χ0n) is 12.1. The number of nitro benzene ring substituents is 1. The first-order chi connectivity index (χ1) is 11.5. The zero-order valence-corrected chi connectivity index (χ0v) is 13.7. The molecule has 1 aromatic heterocycles. The highest BCUT2D eigenvalue weighted by Gasteiger charge is 2.20. The average Bonchev–Trinajstić information content (AvgIpc) is 3.09. The highest BCUT2D eigenvalue weighted by molar-refractivity contribution is 7.13. The second-order valence-corrected chi connectivity index (χ2v) is 6.12. The average molecular weight is 360 g/mol. The summed E-state index contributed by atoms with van der Waals surface area (Å²) in [6.45, 7) is 0. The number of nitro groups is 1. The topological polar surface area (TPSA) is 85.1 Å². The van der Waals surface area contributed by atoms with Crippen molar-refractivity contribution in [3.8, 4) is 10.6 Å². The van der Waals surface area contributed by atoms with E-state index < -0.39 is 10.8 Å². The maximum Gasteiger partial charge on any atom is 0.283 e. The lowest BCUT2D eigenvalue weighted by Crippen LogP contribution is -2.14. The van der Waals surface area contributed by atoms with Crippen molar-refractivity contribution in [3.63, 3.8) is 0 Å². The SMILES string of the molecule is O=C(Nc1cccc(-c2nccs2)c1)c1ccc(Cl)cc1[N+](=O)[O-]. The van der Waals surface area contributed by atoms with Gasteiger partial charge in [-0.2, -0.15) is 0 Å². The van der Waals surface area contributed by atoms with Crippen LogP contribution in [0.3, 0.4) is 0 Å². The van der Waals surface area contributed by atoms with E-state index in [2.05, 4.69) is 10.3 Å². The Labute approximate surface area is 145 Å². The van der Waals surface area contributed by atoms with Crippen LogP contribution in [-0.2, 0) is 0 Å². The third-order valence-electron chi connectivity index (χ3n) is 3.20. The molecule has 6 nitrogen and oxygen atoms in total. The van der Waals surface area contributed by atoms with Crippen LogP contribution in [0.4, 0.5) is 11.4 Å². The summed E-state index contributed by atoms with van der Waals surface area (Å²) < 4.78 is 0. The Morgan fingerprint density at radius 1 is 1.25 bits per heavy atom. The molecule has 0 spiro atoms. The van der Waals surface area contributed by atoms with E-state index in [1.807, 2.05) is 11.4 Å². The van der Waals surface area contributed by atoms with Crippen LogP contribution in [0.1, 0.15) is 10.4 Å². The predicted molar refractivity (Wildman–Crippen MR) is 93.6 cm³/mol. The van der Waals surface area contributed by atoms with Crippen molar-refractivity contribution in [2.75, 3.05) is 5.32 Å². The second-order valence-electron chi connectivity index (χ2n) is 4.79. The van der Waals surface area contributed by atoms with Gasteiger partial charge in [-0.15, -0.1) is 11.3 Å². The fourth-order valence-electron chi connectivity index (χ4n) is 2.14. The molecule has 0 bridgehead atoms. The van der Waals surface area contributed by atoms with E-state index in [0.29, 0.717) is 5.69 Å². The number of halogens is 1. The van der Waals surface area contributed by atoms with Gasteiger partial charge in [0, 0.05) is 33.9 Å². The molecule has 2 aromatic carbocycles. The zero-order chi connectivity index (χ0) is 17.1. The van der Waals surface area contributed by atoms with Crippen LogP contribution in [0.5, 0.6) is 0 Å². The molecular weight excluding hydrogens is 350 g/mol. The van der Waals surface area contributed by atoms with Crippen LogP contribution < -0.4 is 5.32 Å². The molecule has 1 amide bonds. The molecule has 3 aromatic rings. The van der Waals surface area contributed by atoms with Gasteiger partial charge in [0.15, 0.2) is 0 Å². The fourth-order valence-corrected chi connectivity index (χ4v) is 2.94. The highest BCUT2D eigenvalue weighted by atomic mass is 35.5. The van der Waals surface area contributed by atoms with Gasteiger partial charge in [-0.3, -0.25) is 14.9 Å². The van der Waals surface area contributed by atoms with E-state index in [9.17, 15) is 14.9 Å². The molecule has 0 saturated carbocycles. The summed E-state index contributed by atoms with van der Waals surface area (Å²) in [5, 5.41) is 16.6. The highest BCUT2D eigenvalue weighted by Crippen LogP contribution is 2.27. The monoisotopic (exact) mass is 359 g/mol. The Bertz CT molecular complexity index is 913. The van der Waals surface area contributed by atoms with Gasteiger partial charge in [-0.25, -0.2) is 4.98 Å². The van der Waals surface area contributed by atoms with E-state index in [1.54, 1.807) is 24.4 Å². The van der Waals surface area contributed by atoms with Gasteiger partial charge in [0.1, 0.15) is 10.6 Å². The quantitative estimate of drug-likeness (QED) is 0.543. The number of hydrogen-bond donors (Lipinski definition) is 1. The summed E-state index contributed by atoms with van der Waals surface area (Å²) in [5.74, 6) is -0.574. The Morgan fingerprint density at radius 2 is 2.08 bits per heavy atom. The van der Waals surface area contributed by atoms with Crippen LogP contribution in [0, 0.1) is 10.1 Å². The van der Waals surface area contributed by atoms with Crippen molar-refractivity contribution in [3.05, 3.63) is 74.7 Å². The Kier molecular flexibility index (Phi) is 4.54. The van der Waals surface area contributed by atoms with Crippen LogP contribution >= 0.6 is 22.9 Å². The molecular formula is C16H10ClN3O3S. The predicted octanol–water partition coefficient (Wildman–Crippen LogP) is 4.62. The van der Waals surface area contributed by atoms with Gasteiger partial charge >= 0.3 is 0 Å². The molecule has 0 fully saturated rings. The van der Waals surface area contributed by atoms with Crippen LogP contribution in [-0.4, -0.2) is 15.8 Å². The van der Waals surface area contributed by atoms with Crippen LogP contribution in [0.25, 0.3) is 10.6 Å². The van der Waals surface area contributed by atoms with Gasteiger partial charge in [0.25, 0.3) is 11.6 Å². The Morgan fingerprint density at radius 3 is 2.79 bits per heavy atom. The summed E-state index contributed by atoms with van der Waals surface area (Å²) in [7, 11) is 0.